The molecule has 2 aliphatic heterocycles. The zero-order chi connectivity index (χ0) is 19.1. The molecule has 8 nitrogen and oxygen atoms in total. The zero-order valence-electron chi connectivity index (χ0n) is 16.0. The maximum Gasteiger partial charge on any atom is 0.250 e. The Morgan fingerprint density at radius 2 is 2.04 bits per heavy atom. The molecular formula is C19H29N3O5. The molecule has 0 aromatic heterocycles. The summed E-state index contributed by atoms with van der Waals surface area (Å²) in [6, 6.07) is 5.92. The van der Waals surface area contributed by atoms with E-state index in [1.165, 1.54) is 0 Å². The normalized spacial score (nSPS) is 22.1. The number of hydrogen-bond donors (Lipinski definition) is 2. The van der Waals surface area contributed by atoms with Crippen LogP contribution in [0.3, 0.4) is 0 Å². The summed E-state index contributed by atoms with van der Waals surface area (Å²) < 4.78 is 21.8. The van der Waals surface area contributed by atoms with Gasteiger partial charge < -0.3 is 29.6 Å². The first-order chi connectivity index (χ1) is 13.2. The van der Waals surface area contributed by atoms with Crippen LogP contribution < -0.4 is 20.1 Å². The lowest BCUT2D eigenvalue weighted by Crippen LogP contribution is -2.50. The molecule has 0 aliphatic carbocycles. The second-order valence-electron chi connectivity index (χ2n) is 6.59. The molecule has 3 rings (SSSR count). The first kappa shape index (κ1) is 19.9. The molecule has 150 valence electrons. The van der Waals surface area contributed by atoms with E-state index >= 15 is 0 Å². The van der Waals surface area contributed by atoms with Crippen molar-refractivity contribution in [2.24, 2.45) is 0 Å². The van der Waals surface area contributed by atoms with Crippen molar-refractivity contribution in [3.05, 3.63) is 23.8 Å². The van der Waals surface area contributed by atoms with Crippen molar-refractivity contribution in [3.8, 4) is 11.5 Å². The first-order valence-electron chi connectivity index (χ1n) is 9.36. The van der Waals surface area contributed by atoms with Gasteiger partial charge in [-0.2, -0.15) is 0 Å². The highest BCUT2D eigenvalue weighted by atomic mass is 16.5. The number of hydrogen-bond acceptors (Lipinski definition) is 7. The molecule has 0 bridgehead atoms. The Hall–Kier alpha value is -1.87. The van der Waals surface area contributed by atoms with Crippen molar-refractivity contribution in [2.75, 3.05) is 66.8 Å². The fourth-order valence-electron chi connectivity index (χ4n) is 3.45. The molecule has 27 heavy (non-hydrogen) atoms. The minimum atomic E-state index is -0.436. The molecule has 2 unspecified atom stereocenters. The average molecular weight is 379 g/mol. The van der Waals surface area contributed by atoms with Crippen molar-refractivity contribution in [1.29, 1.82) is 0 Å². The summed E-state index contributed by atoms with van der Waals surface area (Å²) in [7, 11) is 3.25. The predicted octanol–water partition coefficient (Wildman–Crippen LogP) is 0.182. The molecule has 2 heterocycles. The molecule has 2 atom stereocenters. The van der Waals surface area contributed by atoms with Gasteiger partial charge in [0.05, 0.1) is 40.1 Å². The Labute approximate surface area is 160 Å². The minimum Gasteiger partial charge on any atom is -0.493 e. The SMILES string of the molecule is COc1ccc(C(CNC(=O)C2CNCCO2)N2CCOCC2)cc1OC. The number of carbonyl (C=O) groups is 1. The molecule has 1 amide bonds. The number of nitrogens with one attached hydrogen (secondary N) is 2. The standard InChI is InChI=1S/C19H29N3O5/c1-24-16-4-3-14(11-17(16)25-2)15(22-6-9-26-10-7-22)12-21-19(23)18-13-20-5-8-27-18/h3-4,11,15,18,20H,5-10,12-13H2,1-2H3,(H,21,23). The van der Waals surface area contributed by atoms with Gasteiger partial charge in [0.25, 0.3) is 5.91 Å². The van der Waals surface area contributed by atoms with Crippen LogP contribution in [0.1, 0.15) is 11.6 Å². The summed E-state index contributed by atoms with van der Waals surface area (Å²) in [5.74, 6) is 1.29. The Kier molecular flexibility index (Phi) is 7.28. The third kappa shape index (κ3) is 5.10. The Balaban J connectivity index is 1.73. The van der Waals surface area contributed by atoms with Gasteiger partial charge in [0.15, 0.2) is 11.5 Å². The quantitative estimate of drug-likeness (QED) is 0.700. The molecule has 1 aromatic carbocycles. The Morgan fingerprint density at radius 3 is 2.70 bits per heavy atom. The summed E-state index contributed by atoms with van der Waals surface area (Å²) in [4.78, 5) is 14.8. The van der Waals surface area contributed by atoms with Gasteiger partial charge in [-0.3, -0.25) is 9.69 Å². The van der Waals surface area contributed by atoms with Crippen molar-refractivity contribution >= 4 is 5.91 Å². The summed E-state index contributed by atoms with van der Waals surface area (Å²) >= 11 is 0. The van der Waals surface area contributed by atoms with Crippen LogP contribution >= 0.6 is 0 Å². The van der Waals surface area contributed by atoms with Gasteiger partial charge >= 0.3 is 0 Å². The number of nitrogens with zero attached hydrogens (tertiary/aromatic N) is 1. The van der Waals surface area contributed by atoms with E-state index in [-0.39, 0.29) is 11.9 Å². The van der Waals surface area contributed by atoms with Crippen molar-refractivity contribution in [1.82, 2.24) is 15.5 Å². The van der Waals surface area contributed by atoms with Crippen molar-refractivity contribution < 1.29 is 23.7 Å². The van der Waals surface area contributed by atoms with E-state index in [0.29, 0.717) is 44.4 Å². The molecule has 0 radical (unpaired) electrons. The average Bonchev–Trinajstić information content (AvgIpc) is 2.75. The number of carbonyl (C=O) groups excluding carboxylic acids is 1. The Bertz CT molecular complexity index is 615. The summed E-state index contributed by atoms with van der Waals surface area (Å²) in [6.07, 6.45) is -0.436. The van der Waals surface area contributed by atoms with Gasteiger partial charge in [0.2, 0.25) is 0 Å². The van der Waals surface area contributed by atoms with Crippen LogP contribution in [0.25, 0.3) is 0 Å². The van der Waals surface area contributed by atoms with Crippen LogP contribution in [-0.4, -0.2) is 83.7 Å². The van der Waals surface area contributed by atoms with E-state index in [2.05, 4.69) is 15.5 Å². The number of amides is 1. The lowest BCUT2D eigenvalue weighted by Gasteiger charge is -2.35. The molecule has 2 N–H and O–H groups in total. The van der Waals surface area contributed by atoms with Crippen molar-refractivity contribution in [3.63, 3.8) is 0 Å². The van der Waals surface area contributed by atoms with E-state index in [4.69, 9.17) is 18.9 Å². The lowest BCUT2D eigenvalue weighted by atomic mass is 10.0. The van der Waals surface area contributed by atoms with Crippen LogP contribution in [0.2, 0.25) is 0 Å². The van der Waals surface area contributed by atoms with Gasteiger partial charge in [-0.15, -0.1) is 0 Å². The van der Waals surface area contributed by atoms with Crippen LogP contribution in [0.4, 0.5) is 0 Å². The van der Waals surface area contributed by atoms with Crippen LogP contribution in [0.15, 0.2) is 18.2 Å². The third-order valence-electron chi connectivity index (χ3n) is 4.97. The maximum atomic E-state index is 12.5. The highest BCUT2D eigenvalue weighted by molar-refractivity contribution is 5.81. The number of rotatable bonds is 7. The van der Waals surface area contributed by atoms with Crippen molar-refractivity contribution in [2.45, 2.75) is 12.1 Å². The van der Waals surface area contributed by atoms with E-state index < -0.39 is 6.10 Å². The van der Waals surface area contributed by atoms with E-state index in [9.17, 15) is 4.79 Å². The first-order valence-corrected chi connectivity index (χ1v) is 9.36. The maximum absolute atomic E-state index is 12.5. The third-order valence-corrected chi connectivity index (χ3v) is 4.97. The summed E-state index contributed by atoms with van der Waals surface area (Å²) in [5.41, 5.74) is 1.07. The highest BCUT2D eigenvalue weighted by Gasteiger charge is 2.27. The summed E-state index contributed by atoms with van der Waals surface area (Å²) in [5, 5.41) is 6.24. The van der Waals surface area contributed by atoms with Gasteiger partial charge in [0.1, 0.15) is 6.10 Å². The van der Waals surface area contributed by atoms with E-state index in [1.54, 1.807) is 14.2 Å². The molecule has 2 saturated heterocycles. The number of benzene rings is 1. The van der Waals surface area contributed by atoms with Crippen LogP contribution in [0, 0.1) is 0 Å². The second-order valence-corrected chi connectivity index (χ2v) is 6.59. The summed E-state index contributed by atoms with van der Waals surface area (Å²) in [6.45, 7) is 5.39. The molecule has 8 heteroatoms. The second kappa shape index (κ2) is 9.89. The number of morpholine rings is 2. The van der Waals surface area contributed by atoms with Crippen LogP contribution in [0.5, 0.6) is 11.5 Å². The van der Waals surface area contributed by atoms with Gasteiger partial charge in [-0.1, -0.05) is 6.07 Å². The highest BCUT2D eigenvalue weighted by Crippen LogP contribution is 2.32. The van der Waals surface area contributed by atoms with Gasteiger partial charge in [-0.05, 0) is 17.7 Å². The minimum absolute atomic E-state index is 0.0224. The zero-order valence-corrected chi connectivity index (χ0v) is 16.0. The molecule has 2 aliphatic rings. The monoisotopic (exact) mass is 379 g/mol. The number of methoxy groups -OCH3 is 2. The van der Waals surface area contributed by atoms with Gasteiger partial charge in [0, 0.05) is 32.7 Å². The smallest absolute Gasteiger partial charge is 0.250 e. The van der Waals surface area contributed by atoms with E-state index in [1.807, 2.05) is 18.2 Å². The largest absolute Gasteiger partial charge is 0.493 e. The topological polar surface area (TPSA) is 81.3 Å². The lowest BCUT2D eigenvalue weighted by molar-refractivity contribution is -0.134. The molecule has 2 fully saturated rings. The van der Waals surface area contributed by atoms with Crippen LogP contribution in [-0.2, 0) is 14.3 Å². The Morgan fingerprint density at radius 1 is 1.26 bits per heavy atom. The van der Waals surface area contributed by atoms with E-state index in [0.717, 1.165) is 25.2 Å². The fraction of sp³-hybridized carbons (Fsp3) is 0.632. The number of ether oxygens (including phenoxy) is 4. The molecule has 1 aromatic rings. The predicted molar refractivity (Wildman–Crippen MR) is 100 cm³/mol. The fourth-order valence-corrected chi connectivity index (χ4v) is 3.45. The molecule has 0 spiro atoms. The molecule has 0 saturated carbocycles. The van der Waals surface area contributed by atoms with Gasteiger partial charge in [-0.25, -0.2) is 0 Å². The molecular weight excluding hydrogens is 350 g/mol.